The van der Waals surface area contributed by atoms with E-state index in [9.17, 15) is 4.79 Å². The summed E-state index contributed by atoms with van der Waals surface area (Å²) >= 11 is 0. The third-order valence-corrected chi connectivity index (χ3v) is 3.97. The molecule has 128 valence electrons. The van der Waals surface area contributed by atoms with Gasteiger partial charge in [0.25, 0.3) is 0 Å². The Balaban J connectivity index is 1.48. The van der Waals surface area contributed by atoms with Crippen molar-refractivity contribution in [2.75, 3.05) is 0 Å². The van der Waals surface area contributed by atoms with Gasteiger partial charge in [-0.3, -0.25) is 4.99 Å². The van der Waals surface area contributed by atoms with Crippen molar-refractivity contribution in [3.05, 3.63) is 94.4 Å². The van der Waals surface area contributed by atoms with E-state index in [4.69, 9.17) is 4.74 Å². The number of imidazole rings is 1. The zero-order valence-electron chi connectivity index (χ0n) is 14.0. The van der Waals surface area contributed by atoms with Gasteiger partial charge in [0.1, 0.15) is 12.4 Å². The van der Waals surface area contributed by atoms with Crippen LogP contribution in [0, 0.1) is 0 Å². The number of benzene rings is 3. The first-order valence-electron chi connectivity index (χ1n) is 8.29. The van der Waals surface area contributed by atoms with Gasteiger partial charge in [-0.05, 0) is 41.5 Å². The molecule has 1 aromatic heterocycles. The largest absolute Gasteiger partial charge is 0.489 e. The monoisotopic (exact) mass is 343 g/mol. The lowest BCUT2D eigenvalue weighted by atomic mass is 10.2. The van der Waals surface area contributed by atoms with Crippen LogP contribution in [-0.2, 0) is 6.61 Å². The number of aromatic amines is 2. The predicted molar refractivity (Wildman–Crippen MR) is 103 cm³/mol. The minimum atomic E-state index is -0.218. The Morgan fingerprint density at radius 1 is 0.885 bits per heavy atom. The van der Waals surface area contributed by atoms with E-state index in [-0.39, 0.29) is 5.69 Å². The van der Waals surface area contributed by atoms with Crippen LogP contribution in [0.2, 0.25) is 0 Å². The number of H-pyrrole nitrogens is 2. The van der Waals surface area contributed by atoms with Crippen molar-refractivity contribution in [1.29, 1.82) is 0 Å². The van der Waals surface area contributed by atoms with Crippen LogP contribution in [0.15, 0.2) is 82.6 Å². The molecule has 0 saturated carbocycles. The molecular formula is C21H17N3O2. The fourth-order valence-corrected chi connectivity index (χ4v) is 2.68. The molecule has 2 N–H and O–H groups in total. The average molecular weight is 343 g/mol. The lowest BCUT2D eigenvalue weighted by Gasteiger charge is -2.06. The molecule has 0 bridgehead atoms. The van der Waals surface area contributed by atoms with Crippen LogP contribution in [-0.4, -0.2) is 16.2 Å². The Bertz CT molecular complexity index is 1110. The van der Waals surface area contributed by atoms with Crippen LogP contribution in [0.4, 0.5) is 5.69 Å². The summed E-state index contributed by atoms with van der Waals surface area (Å²) in [5.74, 6) is 0.795. The number of hydrogen-bond acceptors (Lipinski definition) is 3. The minimum absolute atomic E-state index is 0.218. The topological polar surface area (TPSA) is 70.2 Å². The van der Waals surface area contributed by atoms with Crippen molar-refractivity contribution < 1.29 is 4.74 Å². The number of rotatable bonds is 5. The van der Waals surface area contributed by atoms with Gasteiger partial charge in [0.15, 0.2) is 0 Å². The van der Waals surface area contributed by atoms with Crippen molar-refractivity contribution in [1.82, 2.24) is 9.97 Å². The molecule has 0 spiro atoms. The van der Waals surface area contributed by atoms with E-state index in [1.165, 1.54) is 0 Å². The van der Waals surface area contributed by atoms with Crippen LogP contribution in [0.25, 0.3) is 11.0 Å². The Morgan fingerprint density at radius 2 is 1.73 bits per heavy atom. The van der Waals surface area contributed by atoms with E-state index in [1.807, 2.05) is 72.8 Å². The van der Waals surface area contributed by atoms with E-state index >= 15 is 0 Å². The average Bonchev–Trinajstić information content (AvgIpc) is 3.05. The van der Waals surface area contributed by atoms with E-state index < -0.39 is 0 Å². The molecule has 26 heavy (non-hydrogen) atoms. The molecule has 0 amide bonds. The van der Waals surface area contributed by atoms with Crippen LogP contribution in [0.5, 0.6) is 5.75 Å². The van der Waals surface area contributed by atoms with E-state index in [0.717, 1.165) is 33.6 Å². The summed E-state index contributed by atoms with van der Waals surface area (Å²) in [5, 5.41) is 0. The fourth-order valence-electron chi connectivity index (χ4n) is 2.68. The molecule has 0 atom stereocenters. The third-order valence-electron chi connectivity index (χ3n) is 3.97. The van der Waals surface area contributed by atoms with Gasteiger partial charge in [0.05, 0.1) is 16.7 Å². The molecule has 1 heterocycles. The van der Waals surface area contributed by atoms with Gasteiger partial charge in [-0.1, -0.05) is 42.5 Å². The molecule has 5 nitrogen and oxygen atoms in total. The van der Waals surface area contributed by atoms with Crippen LogP contribution in [0.1, 0.15) is 11.1 Å². The van der Waals surface area contributed by atoms with Crippen molar-refractivity contribution in [3.63, 3.8) is 0 Å². The highest BCUT2D eigenvalue weighted by Crippen LogP contribution is 2.18. The van der Waals surface area contributed by atoms with Gasteiger partial charge < -0.3 is 14.7 Å². The number of nitrogens with zero attached hydrogens (tertiary/aromatic N) is 1. The maximum atomic E-state index is 11.3. The van der Waals surface area contributed by atoms with Gasteiger partial charge in [-0.2, -0.15) is 0 Å². The molecule has 4 aromatic rings. The highest BCUT2D eigenvalue weighted by molar-refractivity contribution is 5.84. The van der Waals surface area contributed by atoms with Gasteiger partial charge in [-0.15, -0.1) is 0 Å². The molecule has 0 radical (unpaired) electrons. The SMILES string of the molecule is O=c1[nH]c2ccc(N=Cc3cccc(OCc4ccccc4)c3)cc2[nH]1. The summed E-state index contributed by atoms with van der Waals surface area (Å²) in [5.41, 5.74) is 4.13. The Hall–Kier alpha value is -3.60. The van der Waals surface area contributed by atoms with Crippen molar-refractivity contribution in [2.24, 2.45) is 4.99 Å². The standard InChI is InChI=1S/C21H17N3O2/c25-21-23-19-10-9-17(12-20(19)24-21)22-13-16-7-4-8-18(11-16)26-14-15-5-2-1-3-6-15/h1-13H,14H2,(H2,23,24,25). The van der Waals surface area contributed by atoms with Gasteiger partial charge in [0, 0.05) is 6.21 Å². The molecule has 0 saturated heterocycles. The normalized spacial score (nSPS) is 11.2. The van der Waals surface area contributed by atoms with Crippen LogP contribution in [0.3, 0.4) is 0 Å². The lowest BCUT2D eigenvalue weighted by molar-refractivity contribution is 0.306. The van der Waals surface area contributed by atoms with Gasteiger partial charge in [0.2, 0.25) is 0 Å². The maximum Gasteiger partial charge on any atom is 0.323 e. The number of aromatic nitrogens is 2. The summed E-state index contributed by atoms with van der Waals surface area (Å²) in [7, 11) is 0. The Morgan fingerprint density at radius 3 is 2.62 bits per heavy atom. The number of ether oxygens (including phenoxy) is 1. The summed E-state index contributed by atoms with van der Waals surface area (Å²) in [6, 6.07) is 23.4. The van der Waals surface area contributed by atoms with E-state index in [1.54, 1.807) is 6.21 Å². The number of nitrogens with one attached hydrogen (secondary N) is 2. The number of aliphatic imine (C=N–C) groups is 1. The van der Waals surface area contributed by atoms with Crippen LogP contribution < -0.4 is 10.4 Å². The fraction of sp³-hybridized carbons (Fsp3) is 0.0476. The minimum Gasteiger partial charge on any atom is -0.489 e. The zero-order valence-corrected chi connectivity index (χ0v) is 14.0. The van der Waals surface area contributed by atoms with Gasteiger partial charge in [-0.25, -0.2) is 4.79 Å². The van der Waals surface area contributed by atoms with Crippen LogP contribution >= 0.6 is 0 Å². The van der Waals surface area contributed by atoms with Crippen molar-refractivity contribution >= 4 is 22.9 Å². The predicted octanol–water partition coefficient (Wildman–Crippen LogP) is 4.19. The highest BCUT2D eigenvalue weighted by atomic mass is 16.5. The van der Waals surface area contributed by atoms with E-state index in [0.29, 0.717) is 6.61 Å². The zero-order chi connectivity index (χ0) is 17.8. The first-order valence-corrected chi connectivity index (χ1v) is 8.29. The number of fused-ring (bicyclic) bond motifs is 1. The first-order chi connectivity index (χ1) is 12.8. The third kappa shape index (κ3) is 3.72. The molecule has 0 unspecified atom stereocenters. The van der Waals surface area contributed by atoms with E-state index in [2.05, 4.69) is 15.0 Å². The summed E-state index contributed by atoms with van der Waals surface area (Å²) < 4.78 is 5.84. The smallest absolute Gasteiger partial charge is 0.323 e. The second-order valence-corrected chi connectivity index (χ2v) is 5.91. The van der Waals surface area contributed by atoms with Gasteiger partial charge >= 0.3 is 5.69 Å². The maximum absolute atomic E-state index is 11.3. The summed E-state index contributed by atoms with van der Waals surface area (Å²) in [4.78, 5) is 21.2. The molecule has 0 aliphatic heterocycles. The second-order valence-electron chi connectivity index (χ2n) is 5.91. The van der Waals surface area contributed by atoms with Crippen molar-refractivity contribution in [2.45, 2.75) is 6.61 Å². The summed E-state index contributed by atoms with van der Waals surface area (Å²) in [6.45, 7) is 0.527. The molecule has 0 aliphatic rings. The lowest BCUT2D eigenvalue weighted by Crippen LogP contribution is -1.99. The summed E-state index contributed by atoms with van der Waals surface area (Å²) in [6.07, 6.45) is 1.78. The Kier molecular flexibility index (Phi) is 4.35. The molecule has 0 aliphatic carbocycles. The molecule has 0 fully saturated rings. The molecule has 5 heteroatoms. The number of hydrogen-bond donors (Lipinski definition) is 2. The quantitative estimate of drug-likeness (QED) is 0.534. The molecule has 4 rings (SSSR count). The molecule has 3 aromatic carbocycles. The highest BCUT2D eigenvalue weighted by Gasteiger charge is 2.00. The first kappa shape index (κ1) is 15.9. The molecular weight excluding hydrogens is 326 g/mol. The Labute approximate surface area is 150 Å². The van der Waals surface area contributed by atoms with Crippen molar-refractivity contribution in [3.8, 4) is 5.75 Å². The second kappa shape index (κ2) is 7.11.